The first-order valence-electron chi connectivity index (χ1n) is 14.9. The van der Waals surface area contributed by atoms with E-state index in [1.165, 1.54) is 0 Å². The number of benzene rings is 2. The zero-order valence-electron chi connectivity index (χ0n) is 28.8. The lowest BCUT2D eigenvalue weighted by Crippen LogP contribution is -2.17. The highest BCUT2D eigenvalue weighted by molar-refractivity contribution is 5.67. The molecule has 260 valence electrons. The Morgan fingerprint density at radius 2 is 0.717 bits per heavy atom. The molecule has 14 nitrogen and oxygen atoms in total. The molecule has 2 aromatic carbocycles. The van der Waals surface area contributed by atoms with Crippen LogP contribution >= 0.6 is 0 Å². The molecular formula is C32H50NO13+. The van der Waals surface area contributed by atoms with E-state index in [0.717, 1.165) is 22.3 Å². The fraction of sp³-hybridized carbons (Fsp3) is 0.625. The van der Waals surface area contributed by atoms with Gasteiger partial charge in [-0.15, -0.1) is 0 Å². The van der Waals surface area contributed by atoms with Crippen LogP contribution in [0.25, 0.3) is 0 Å². The highest BCUT2D eigenvalue weighted by Crippen LogP contribution is 2.50. The van der Waals surface area contributed by atoms with E-state index in [1.54, 1.807) is 56.9 Å². The fourth-order valence-corrected chi connectivity index (χ4v) is 5.19. The summed E-state index contributed by atoms with van der Waals surface area (Å²) in [5.41, 5.74) is 3.68. The molecule has 0 saturated carbocycles. The average molecular weight is 657 g/mol. The summed E-state index contributed by atoms with van der Waals surface area (Å²) in [4.78, 5) is 21.8. The van der Waals surface area contributed by atoms with E-state index in [2.05, 4.69) is 0 Å². The standard InChI is InChI=1S/C32H50NO13/c1-21-23(27(37-5)31(41-9)29(39-7)25(21)35-3)13-11-15-43-17-19-45-33(34)46-20-18-44-16-12-14-24-22(2)26(36-4)30(40-8)32(42-10)28(24)38-6/h11-20H2,1-10H3/q+1. The second-order valence-corrected chi connectivity index (χ2v) is 9.79. The van der Waals surface area contributed by atoms with E-state index >= 15 is 0 Å². The first-order valence-corrected chi connectivity index (χ1v) is 14.9. The predicted octanol–water partition coefficient (Wildman–Crippen LogP) is 4.61. The van der Waals surface area contributed by atoms with Crippen LogP contribution in [0.3, 0.4) is 0 Å². The molecule has 0 N–H and O–H groups in total. The van der Waals surface area contributed by atoms with Crippen LogP contribution in [0.4, 0.5) is 0 Å². The van der Waals surface area contributed by atoms with Crippen LogP contribution in [0, 0.1) is 18.8 Å². The number of hydrogen-bond donors (Lipinski definition) is 0. The van der Waals surface area contributed by atoms with Gasteiger partial charge in [0.1, 0.15) is 4.91 Å². The molecule has 0 aromatic heterocycles. The number of methoxy groups -OCH3 is 8. The Labute approximate surface area is 271 Å². The van der Waals surface area contributed by atoms with Gasteiger partial charge in [-0.3, -0.25) is 0 Å². The molecule has 0 saturated heterocycles. The quantitative estimate of drug-likeness (QED) is 0.115. The topological polar surface area (TPSA) is 131 Å². The highest BCUT2D eigenvalue weighted by Gasteiger charge is 2.26. The van der Waals surface area contributed by atoms with Gasteiger partial charge in [0.05, 0.1) is 70.1 Å². The molecule has 0 bridgehead atoms. The van der Waals surface area contributed by atoms with Crippen LogP contribution < -0.4 is 37.9 Å². The number of rotatable bonds is 24. The van der Waals surface area contributed by atoms with Gasteiger partial charge >= 0.3 is 5.09 Å². The molecule has 0 radical (unpaired) electrons. The lowest BCUT2D eigenvalue weighted by molar-refractivity contribution is -0.981. The van der Waals surface area contributed by atoms with Crippen LogP contribution in [-0.4, -0.2) is 102 Å². The Morgan fingerprint density at radius 1 is 0.413 bits per heavy atom. The van der Waals surface area contributed by atoms with Crippen molar-refractivity contribution in [3.05, 3.63) is 27.2 Å². The monoisotopic (exact) mass is 656 g/mol. The molecule has 0 aliphatic rings. The van der Waals surface area contributed by atoms with Crippen molar-refractivity contribution in [3.63, 3.8) is 0 Å². The van der Waals surface area contributed by atoms with Crippen molar-refractivity contribution >= 4 is 0 Å². The van der Waals surface area contributed by atoms with E-state index < -0.39 is 0 Å². The van der Waals surface area contributed by atoms with Crippen molar-refractivity contribution in [1.82, 2.24) is 0 Å². The van der Waals surface area contributed by atoms with E-state index in [9.17, 15) is 4.91 Å². The lowest BCUT2D eigenvalue weighted by atomic mass is 10.00. The zero-order chi connectivity index (χ0) is 34.1. The molecule has 46 heavy (non-hydrogen) atoms. The molecule has 0 atom stereocenters. The molecule has 2 rings (SSSR count). The van der Waals surface area contributed by atoms with Crippen molar-refractivity contribution in [2.24, 2.45) is 0 Å². The lowest BCUT2D eigenvalue weighted by Gasteiger charge is -2.21. The molecule has 0 aliphatic carbocycles. The summed E-state index contributed by atoms with van der Waals surface area (Å²) in [6.07, 6.45) is 2.69. The van der Waals surface area contributed by atoms with E-state index in [4.69, 9.17) is 57.0 Å². The average Bonchev–Trinajstić information content (AvgIpc) is 3.07. The highest BCUT2D eigenvalue weighted by atomic mass is 17.0. The molecule has 2 aromatic rings. The molecule has 0 heterocycles. The maximum absolute atomic E-state index is 11.8. The minimum atomic E-state index is 0.0346. The summed E-state index contributed by atoms with van der Waals surface area (Å²) in [6, 6.07) is 0. The third kappa shape index (κ3) is 9.49. The van der Waals surface area contributed by atoms with Crippen LogP contribution in [0.5, 0.6) is 46.0 Å². The summed E-state index contributed by atoms with van der Waals surface area (Å²) >= 11 is 0. The molecule has 0 fully saturated rings. The van der Waals surface area contributed by atoms with Gasteiger partial charge in [-0.25, -0.2) is 0 Å². The molecule has 14 heteroatoms. The molecule has 0 aliphatic heterocycles. The van der Waals surface area contributed by atoms with Crippen LogP contribution in [-0.2, 0) is 32.0 Å². The minimum Gasteiger partial charge on any atom is -0.492 e. The Bertz CT molecular complexity index is 1160. The normalized spacial score (nSPS) is 10.7. The van der Waals surface area contributed by atoms with Gasteiger partial charge in [0, 0.05) is 35.5 Å². The third-order valence-electron chi connectivity index (χ3n) is 7.28. The van der Waals surface area contributed by atoms with Gasteiger partial charge in [0.25, 0.3) is 0 Å². The summed E-state index contributed by atoms with van der Waals surface area (Å²) in [7, 11) is 12.6. The second-order valence-electron chi connectivity index (χ2n) is 9.79. The van der Waals surface area contributed by atoms with Crippen molar-refractivity contribution in [2.75, 3.05) is 96.5 Å². The van der Waals surface area contributed by atoms with Crippen LogP contribution in [0.2, 0.25) is 0 Å². The van der Waals surface area contributed by atoms with Crippen molar-refractivity contribution in [3.8, 4) is 46.0 Å². The molecule has 0 amide bonds. The Hall–Kier alpha value is -4.04. The smallest absolute Gasteiger partial charge is 0.477 e. The number of nitrogens with zero attached hydrogens (tertiary/aromatic N) is 1. The second kappa shape index (κ2) is 20.2. The largest absolute Gasteiger partial charge is 0.492 e. The molecule has 0 unspecified atom stereocenters. The summed E-state index contributed by atoms with van der Waals surface area (Å²) in [5.74, 6) is 4.30. The van der Waals surface area contributed by atoms with Gasteiger partial charge in [-0.05, 0) is 39.5 Å². The summed E-state index contributed by atoms with van der Waals surface area (Å²) in [6.45, 7) is 5.27. The minimum absolute atomic E-state index is 0.0346. The fourth-order valence-electron chi connectivity index (χ4n) is 5.19. The number of ether oxygens (including phenoxy) is 10. The Kier molecular flexibility index (Phi) is 16.7. The van der Waals surface area contributed by atoms with E-state index in [-0.39, 0.29) is 31.5 Å². The van der Waals surface area contributed by atoms with Crippen molar-refractivity contribution in [1.29, 1.82) is 0 Å². The van der Waals surface area contributed by atoms with Gasteiger partial charge in [0.15, 0.2) is 36.2 Å². The predicted molar refractivity (Wildman–Crippen MR) is 169 cm³/mol. The number of hydrogen-bond acceptors (Lipinski definition) is 13. The Balaban J connectivity index is 1.67. The molecule has 0 spiro atoms. The van der Waals surface area contributed by atoms with E-state index in [1.807, 2.05) is 13.8 Å². The maximum Gasteiger partial charge on any atom is 0.477 e. The zero-order valence-corrected chi connectivity index (χ0v) is 28.8. The maximum atomic E-state index is 11.8. The van der Waals surface area contributed by atoms with Crippen LogP contribution in [0.1, 0.15) is 35.1 Å². The SMILES string of the molecule is COc1c(C)c(CCCOCCO[N+](=O)OCCOCCCc2c(C)c(OC)c(OC)c(OC)c2OC)c(OC)c(OC)c1OC. The first kappa shape index (κ1) is 38.1. The molecular weight excluding hydrogens is 606 g/mol. The van der Waals surface area contributed by atoms with Gasteiger partial charge < -0.3 is 47.4 Å². The summed E-state index contributed by atoms with van der Waals surface area (Å²) < 4.78 is 55.6. The van der Waals surface area contributed by atoms with Crippen molar-refractivity contribution in [2.45, 2.75) is 39.5 Å². The van der Waals surface area contributed by atoms with Gasteiger partial charge in [-0.1, -0.05) is 0 Å². The third-order valence-corrected chi connectivity index (χ3v) is 7.28. The van der Waals surface area contributed by atoms with Crippen molar-refractivity contribution < 1.29 is 62.1 Å². The van der Waals surface area contributed by atoms with E-state index in [0.29, 0.717) is 84.9 Å². The Morgan fingerprint density at radius 3 is 1.02 bits per heavy atom. The van der Waals surface area contributed by atoms with Gasteiger partial charge in [0.2, 0.25) is 23.0 Å². The van der Waals surface area contributed by atoms with Crippen LogP contribution in [0.15, 0.2) is 0 Å². The van der Waals surface area contributed by atoms with Gasteiger partial charge in [-0.2, -0.15) is 9.68 Å². The summed E-state index contributed by atoms with van der Waals surface area (Å²) in [5, 5.41) is 0.0704. The first-order chi connectivity index (χ1) is 22.3.